The number of hydrogen-bond donors (Lipinski definition) is 2. The van der Waals surface area contributed by atoms with Crippen LogP contribution in [0.4, 0.5) is 10.8 Å². The van der Waals surface area contributed by atoms with Gasteiger partial charge in [-0.1, -0.05) is 11.6 Å². The van der Waals surface area contributed by atoms with E-state index >= 15 is 0 Å². The number of nitrogen functional groups attached to an aromatic ring is 1. The number of anilines is 2. The van der Waals surface area contributed by atoms with Crippen molar-refractivity contribution in [1.29, 1.82) is 0 Å². The highest BCUT2D eigenvalue weighted by Gasteiger charge is 2.07. The molecule has 3 N–H and O–H groups in total. The maximum absolute atomic E-state index is 11.8. The minimum atomic E-state index is -0.0993. The molecule has 0 atom stereocenters. The lowest BCUT2D eigenvalue weighted by Gasteiger charge is -2.07. The summed E-state index contributed by atoms with van der Waals surface area (Å²) in [5.74, 6) is 0.473. The number of carbonyl (C=O) groups excluding carboxylic acids is 1. The zero-order valence-corrected chi connectivity index (χ0v) is 12.4. The highest BCUT2D eigenvalue weighted by Crippen LogP contribution is 2.27. The van der Waals surface area contributed by atoms with E-state index < -0.39 is 0 Å². The molecule has 106 valence electrons. The molecule has 1 heterocycles. The maximum atomic E-state index is 11.8. The molecular formula is C13H14ClN3O2S. The van der Waals surface area contributed by atoms with Gasteiger partial charge in [-0.25, -0.2) is 4.98 Å². The second-order valence-electron chi connectivity index (χ2n) is 4.07. The molecule has 0 bridgehead atoms. The molecule has 0 unspecified atom stereocenters. The van der Waals surface area contributed by atoms with Crippen LogP contribution < -0.4 is 15.8 Å². The van der Waals surface area contributed by atoms with Gasteiger partial charge in [0.25, 0.3) is 0 Å². The van der Waals surface area contributed by atoms with E-state index in [9.17, 15) is 4.79 Å². The average molecular weight is 312 g/mol. The number of aryl methyl sites for hydroxylation is 1. The molecule has 5 nitrogen and oxygen atoms in total. The van der Waals surface area contributed by atoms with Gasteiger partial charge in [0.15, 0.2) is 5.13 Å². The fourth-order valence-corrected chi connectivity index (χ4v) is 2.50. The molecule has 0 spiro atoms. The van der Waals surface area contributed by atoms with Crippen LogP contribution in [0.1, 0.15) is 12.1 Å². The van der Waals surface area contributed by atoms with Gasteiger partial charge in [-0.05, 0) is 24.6 Å². The van der Waals surface area contributed by atoms with Crippen molar-refractivity contribution in [3.8, 4) is 5.75 Å². The number of nitrogens with zero attached hydrogens (tertiary/aromatic N) is 1. The standard InChI is InChI=1S/C13H14ClN3O2S/c1-19-11-4-2-8(6-10(11)14)16-12(18)5-3-9-7-20-13(15)17-9/h2,4,6-7H,3,5H2,1H3,(H2,15,17)(H,16,18). The second-order valence-corrected chi connectivity index (χ2v) is 5.37. The van der Waals surface area contributed by atoms with Gasteiger partial charge in [0.2, 0.25) is 5.91 Å². The molecule has 0 saturated heterocycles. The number of halogens is 1. The van der Waals surface area contributed by atoms with E-state index in [1.807, 2.05) is 5.38 Å². The fourth-order valence-electron chi connectivity index (χ4n) is 1.65. The zero-order chi connectivity index (χ0) is 14.5. The van der Waals surface area contributed by atoms with Crippen LogP contribution in [0.5, 0.6) is 5.75 Å². The van der Waals surface area contributed by atoms with Gasteiger partial charge in [0.1, 0.15) is 5.75 Å². The average Bonchev–Trinajstić information content (AvgIpc) is 2.82. The summed E-state index contributed by atoms with van der Waals surface area (Å²) in [5, 5.41) is 5.60. The highest BCUT2D eigenvalue weighted by molar-refractivity contribution is 7.13. The molecule has 0 radical (unpaired) electrons. The number of thiazole rings is 1. The number of carbonyl (C=O) groups is 1. The normalized spacial score (nSPS) is 10.3. The van der Waals surface area contributed by atoms with Crippen molar-refractivity contribution < 1.29 is 9.53 Å². The minimum absolute atomic E-state index is 0.0993. The van der Waals surface area contributed by atoms with Crippen LogP contribution in [0, 0.1) is 0 Å². The summed E-state index contributed by atoms with van der Waals surface area (Å²) in [6.45, 7) is 0. The molecule has 0 fully saturated rings. The van der Waals surface area contributed by atoms with Crippen molar-refractivity contribution in [2.75, 3.05) is 18.2 Å². The summed E-state index contributed by atoms with van der Waals surface area (Å²) < 4.78 is 5.05. The number of amides is 1. The van der Waals surface area contributed by atoms with Crippen LogP contribution in [0.2, 0.25) is 5.02 Å². The van der Waals surface area contributed by atoms with Crippen LogP contribution in [-0.4, -0.2) is 18.0 Å². The lowest BCUT2D eigenvalue weighted by Crippen LogP contribution is -2.12. The van der Waals surface area contributed by atoms with Gasteiger partial charge < -0.3 is 15.8 Å². The number of benzene rings is 1. The third-order valence-corrected chi connectivity index (χ3v) is 3.63. The SMILES string of the molecule is COc1ccc(NC(=O)CCc2csc(N)n2)cc1Cl. The Morgan fingerprint density at radius 2 is 2.35 bits per heavy atom. The third-order valence-electron chi connectivity index (χ3n) is 2.61. The minimum Gasteiger partial charge on any atom is -0.495 e. The number of rotatable bonds is 5. The van der Waals surface area contributed by atoms with Gasteiger partial charge in [-0.2, -0.15) is 0 Å². The predicted molar refractivity (Wildman–Crippen MR) is 81.5 cm³/mol. The van der Waals surface area contributed by atoms with Crippen LogP contribution in [0.15, 0.2) is 23.6 Å². The Morgan fingerprint density at radius 3 is 2.95 bits per heavy atom. The van der Waals surface area contributed by atoms with Crippen molar-refractivity contribution in [2.24, 2.45) is 0 Å². The Morgan fingerprint density at radius 1 is 1.55 bits per heavy atom. The summed E-state index contributed by atoms with van der Waals surface area (Å²) in [4.78, 5) is 15.9. The van der Waals surface area contributed by atoms with Crippen LogP contribution in [-0.2, 0) is 11.2 Å². The number of nitrogens with two attached hydrogens (primary N) is 1. The summed E-state index contributed by atoms with van der Waals surface area (Å²) in [7, 11) is 1.54. The van der Waals surface area contributed by atoms with Crippen molar-refractivity contribution in [1.82, 2.24) is 4.98 Å². The van der Waals surface area contributed by atoms with E-state index in [1.165, 1.54) is 11.3 Å². The largest absolute Gasteiger partial charge is 0.495 e. The van der Waals surface area contributed by atoms with Crippen molar-refractivity contribution in [3.63, 3.8) is 0 Å². The molecule has 0 aliphatic heterocycles. The predicted octanol–water partition coefficient (Wildman–Crippen LogP) is 2.96. The number of ether oxygens (including phenoxy) is 1. The lowest BCUT2D eigenvalue weighted by atomic mass is 10.2. The van der Waals surface area contributed by atoms with Gasteiger partial charge in [0, 0.05) is 17.5 Å². The lowest BCUT2D eigenvalue weighted by molar-refractivity contribution is -0.116. The molecule has 2 rings (SSSR count). The molecular weight excluding hydrogens is 298 g/mol. The highest BCUT2D eigenvalue weighted by atomic mass is 35.5. The monoisotopic (exact) mass is 311 g/mol. The first-order valence-corrected chi connectivity index (χ1v) is 7.17. The number of methoxy groups -OCH3 is 1. The number of aromatic nitrogens is 1. The van der Waals surface area contributed by atoms with Crippen LogP contribution in [0.25, 0.3) is 0 Å². The van der Waals surface area contributed by atoms with Crippen LogP contribution >= 0.6 is 22.9 Å². The Kier molecular flexibility index (Phi) is 4.81. The molecule has 1 aromatic carbocycles. The van der Waals surface area contributed by atoms with Gasteiger partial charge in [-0.15, -0.1) is 11.3 Å². The van der Waals surface area contributed by atoms with Gasteiger partial charge >= 0.3 is 0 Å². The Labute approximate surface area is 125 Å². The fraction of sp³-hybridized carbons (Fsp3) is 0.231. The molecule has 0 saturated carbocycles. The number of hydrogen-bond acceptors (Lipinski definition) is 5. The van der Waals surface area contributed by atoms with Gasteiger partial charge in [0.05, 0.1) is 17.8 Å². The quantitative estimate of drug-likeness (QED) is 0.890. The molecule has 20 heavy (non-hydrogen) atoms. The van der Waals surface area contributed by atoms with E-state index in [-0.39, 0.29) is 5.91 Å². The number of nitrogens with one attached hydrogen (secondary N) is 1. The van der Waals surface area contributed by atoms with E-state index in [4.69, 9.17) is 22.1 Å². The Bertz CT molecular complexity index is 615. The van der Waals surface area contributed by atoms with Gasteiger partial charge in [-0.3, -0.25) is 4.79 Å². The third kappa shape index (κ3) is 3.85. The topological polar surface area (TPSA) is 77.2 Å². The summed E-state index contributed by atoms with van der Waals surface area (Å²) >= 11 is 7.36. The van der Waals surface area contributed by atoms with Crippen molar-refractivity contribution >= 4 is 39.7 Å². The van der Waals surface area contributed by atoms with E-state index in [2.05, 4.69) is 10.3 Å². The first-order chi connectivity index (χ1) is 9.58. The second kappa shape index (κ2) is 6.58. The van der Waals surface area contributed by atoms with Crippen molar-refractivity contribution in [3.05, 3.63) is 34.3 Å². The first-order valence-electron chi connectivity index (χ1n) is 5.92. The summed E-state index contributed by atoms with van der Waals surface area (Å²) in [5.41, 5.74) is 7.00. The molecule has 1 aromatic heterocycles. The molecule has 0 aliphatic carbocycles. The smallest absolute Gasteiger partial charge is 0.224 e. The molecule has 7 heteroatoms. The molecule has 0 aliphatic rings. The Balaban J connectivity index is 1.89. The maximum Gasteiger partial charge on any atom is 0.224 e. The van der Waals surface area contributed by atoms with E-state index in [0.29, 0.717) is 34.4 Å². The van der Waals surface area contributed by atoms with Crippen LogP contribution in [0.3, 0.4) is 0 Å². The zero-order valence-electron chi connectivity index (χ0n) is 10.9. The van der Waals surface area contributed by atoms with Crippen molar-refractivity contribution in [2.45, 2.75) is 12.8 Å². The van der Waals surface area contributed by atoms with E-state index in [1.54, 1.807) is 25.3 Å². The molecule has 1 amide bonds. The first kappa shape index (κ1) is 14.6. The van der Waals surface area contributed by atoms with E-state index in [0.717, 1.165) is 5.69 Å². The molecule has 2 aromatic rings. The summed E-state index contributed by atoms with van der Waals surface area (Å²) in [6.07, 6.45) is 0.899. The summed E-state index contributed by atoms with van der Waals surface area (Å²) in [6, 6.07) is 5.10. The Hall–Kier alpha value is -1.79.